The maximum absolute atomic E-state index is 13.4. The van der Waals surface area contributed by atoms with Crippen LogP contribution in [0.15, 0.2) is 18.2 Å². The molecule has 1 aliphatic heterocycles. The molecule has 6 heteroatoms. The summed E-state index contributed by atoms with van der Waals surface area (Å²) >= 11 is 0. The summed E-state index contributed by atoms with van der Waals surface area (Å²) in [6, 6.07) is 2.79. The van der Waals surface area contributed by atoms with Gasteiger partial charge in [0.05, 0.1) is 23.8 Å². The molecule has 0 bridgehead atoms. The maximum atomic E-state index is 13.4. The zero-order chi connectivity index (χ0) is 15.6. The van der Waals surface area contributed by atoms with Gasteiger partial charge >= 0.3 is 6.18 Å². The van der Waals surface area contributed by atoms with E-state index in [0.717, 1.165) is 25.0 Å². The van der Waals surface area contributed by atoms with Gasteiger partial charge in [-0.25, -0.2) is 4.39 Å². The van der Waals surface area contributed by atoms with Crippen LogP contribution in [-0.2, 0) is 10.9 Å². The molecule has 2 nitrogen and oxygen atoms in total. The fraction of sp³-hybridized carbons (Fsp3) is 0.600. The van der Waals surface area contributed by atoms with Crippen LogP contribution in [0.25, 0.3) is 0 Å². The number of ether oxygens (including phenoxy) is 1. The predicted octanol–water partition coefficient (Wildman–Crippen LogP) is 4.06. The summed E-state index contributed by atoms with van der Waals surface area (Å²) in [5.41, 5.74) is -0.821. The largest absolute Gasteiger partial charge is 0.419 e. The van der Waals surface area contributed by atoms with Crippen LogP contribution in [0.5, 0.6) is 0 Å². The van der Waals surface area contributed by atoms with Crippen molar-refractivity contribution >= 4 is 0 Å². The number of likely N-dealkylation sites (N-methyl/N-ethyl adjacent to an activating group) is 1. The molecule has 1 N–H and O–H groups in total. The molecule has 118 valence electrons. The summed E-state index contributed by atoms with van der Waals surface area (Å²) < 4.78 is 57.6. The first kappa shape index (κ1) is 16.2. The van der Waals surface area contributed by atoms with Crippen LogP contribution >= 0.6 is 0 Å². The van der Waals surface area contributed by atoms with E-state index in [-0.39, 0.29) is 18.2 Å². The highest BCUT2D eigenvalue weighted by Gasteiger charge is 2.36. The maximum Gasteiger partial charge on any atom is 0.419 e. The molecule has 1 fully saturated rings. The highest BCUT2D eigenvalue weighted by atomic mass is 19.4. The normalized spacial score (nSPS) is 24.3. The fourth-order valence-corrected chi connectivity index (χ4v) is 2.72. The van der Waals surface area contributed by atoms with Gasteiger partial charge in [-0.05, 0) is 44.0 Å². The molecule has 3 unspecified atom stereocenters. The van der Waals surface area contributed by atoms with Crippen molar-refractivity contribution in [1.82, 2.24) is 5.32 Å². The summed E-state index contributed by atoms with van der Waals surface area (Å²) in [6.07, 6.45) is -3.14. The van der Waals surface area contributed by atoms with Crippen molar-refractivity contribution < 1.29 is 22.3 Å². The highest BCUT2D eigenvalue weighted by molar-refractivity contribution is 5.30. The lowest BCUT2D eigenvalue weighted by Gasteiger charge is -2.25. The lowest BCUT2D eigenvalue weighted by Crippen LogP contribution is -2.32. The van der Waals surface area contributed by atoms with Gasteiger partial charge in [-0.2, -0.15) is 13.2 Å². The molecule has 1 aromatic rings. The number of rotatable bonds is 4. The van der Waals surface area contributed by atoms with Gasteiger partial charge in [0, 0.05) is 0 Å². The molecule has 0 spiro atoms. The van der Waals surface area contributed by atoms with E-state index in [1.807, 2.05) is 13.8 Å². The third kappa shape index (κ3) is 3.74. The van der Waals surface area contributed by atoms with Crippen LogP contribution in [-0.4, -0.2) is 18.8 Å². The molecule has 21 heavy (non-hydrogen) atoms. The van der Waals surface area contributed by atoms with E-state index in [0.29, 0.717) is 12.1 Å². The van der Waals surface area contributed by atoms with Gasteiger partial charge in [0.1, 0.15) is 5.82 Å². The Bertz CT molecular complexity index is 489. The van der Waals surface area contributed by atoms with Crippen molar-refractivity contribution in [2.24, 2.45) is 0 Å². The molecular weight excluding hydrogens is 286 g/mol. The third-order valence-corrected chi connectivity index (χ3v) is 3.72. The third-order valence-electron chi connectivity index (χ3n) is 3.72. The first-order valence-electron chi connectivity index (χ1n) is 7.08. The summed E-state index contributed by atoms with van der Waals surface area (Å²) in [4.78, 5) is 0. The van der Waals surface area contributed by atoms with E-state index >= 15 is 0 Å². The van der Waals surface area contributed by atoms with E-state index in [1.165, 1.54) is 6.07 Å². The van der Waals surface area contributed by atoms with Crippen molar-refractivity contribution in [2.75, 3.05) is 6.54 Å². The van der Waals surface area contributed by atoms with Gasteiger partial charge in [-0.3, -0.25) is 0 Å². The van der Waals surface area contributed by atoms with E-state index in [4.69, 9.17) is 4.74 Å². The van der Waals surface area contributed by atoms with Gasteiger partial charge in [0.25, 0.3) is 0 Å². The number of hydrogen-bond donors (Lipinski definition) is 1. The summed E-state index contributed by atoms with van der Waals surface area (Å²) in [5.74, 6) is -1.25. The molecule has 1 aromatic carbocycles. The Balaban J connectivity index is 2.32. The first-order chi connectivity index (χ1) is 9.82. The molecule has 3 atom stereocenters. The number of hydrogen-bond acceptors (Lipinski definition) is 2. The summed E-state index contributed by atoms with van der Waals surface area (Å²) in [5, 5.41) is 3.14. The van der Waals surface area contributed by atoms with Crippen molar-refractivity contribution in [3.05, 3.63) is 35.1 Å². The van der Waals surface area contributed by atoms with E-state index in [9.17, 15) is 17.6 Å². The van der Waals surface area contributed by atoms with Crippen LogP contribution in [0, 0.1) is 5.82 Å². The highest BCUT2D eigenvalue weighted by Crippen LogP contribution is 2.35. The second kappa shape index (κ2) is 6.32. The Morgan fingerprint density at radius 2 is 2.05 bits per heavy atom. The van der Waals surface area contributed by atoms with Gasteiger partial charge in [-0.1, -0.05) is 13.0 Å². The zero-order valence-electron chi connectivity index (χ0n) is 12.0. The molecule has 1 saturated heterocycles. The van der Waals surface area contributed by atoms with Crippen LogP contribution in [0.2, 0.25) is 0 Å². The topological polar surface area (TPSA) is 21.3 Å². The lowest BCUT2D eigenvalue weighted by atomic mass is 9.97. The predicted molar refractivity (Wildman–Crippen MR) is 71.4 cm³/mol. The van der Waals surface area contributed by atoms with Crippen molar-refractivity contribution in [2.45, 2.75) is 51.1 Å². The molecule has 1 aliphatic rings. The minimum atomic E-state index is -4.69. The second-order valence-electron chi connectivity index (χ2n) is 5.33. The van der Waals surface area contributed by atoms with Gasteiger partial charge in [0.2, 0.25) is 0 Å². The van der Waals surface area contributed by atoms with E-state index < -0.39 is 17.6 Å². The van der Waals surface area contributed by atoms with E-state index in [1.54, 1.807) is 0 Å². The number of alkyl halides is 3. The smallest absolute Gasteiger partial charge is 0.373 e. The first-order valence-corrected chi connectivity index (χ1v) is 7.08. The molecular formula is C15H19F4NO. The SMILES string of the molecule is CCNC(c1ccc(F)c(C(F)(F)F)c1)C1CCC(C)O1. The fourth-order valence-electron chi connectivity index (χ4n) is 2.72. The van der Waals surface area contributed by atoms with Crippen molar-refractivity contribution in [3.8, 4) is 0 Å². The van der Waals surface area contributed by atoms with Crippen molar-refractivity contribution in [1.29, 1.82) is 0 Å². The monoisotopic (exact) mass is 305 g/mol. The number of nitrogens with one attached hydrogen (secondary N) is 1. The average molecular weight is 305 g/mol. The lowest BCUT2D eigenvalue weighted by molar-refractivity contribution is -0.140. The van der Waals surface area contributed by atoms with Gasteiger partial charge in [-0.15, -0.1) is 0 Å². The molecule has 0 aliphatic carbocycles. The minimum absolute atomic E-state index is 0.0960. The van der Waals surface area contributed by atoms with E-state index in [2.05, 4.69) is 5.32 Å². The Hall–Kier alpha value is -1.14. The molecule has 0 aromatic heterocycles. The second-order valence-corrected chi connectivity index (χ2v) is 5.33. The minimum Gasteiger partial charge on any atom is -0.373 e. The zero-order valence-corrected chi connectivity index (χ0v) is 12.0. The summed E-state index contributed by atoms with van der Waals surface area (Å²) in [6.45, 7) is 4.41. The number of halogens is 4. The quantitative estimate of drug-likeness (QED) is 0.847. The van der Waals surface area contributed by atoms with Crippen LogP contribution in [0.4, 0.5) is 17.6 Å². The molecule has 1 heterocycles. The van der Waals surface area contributed by atoms with Crippen molar-refractivity contribution in [3.63, 3.8) is 0 Å². The van der Waals surface area contributed by atoms with Gasteiger partial charge in [0.15, 0.2) is 0 Å². The Labute approximate surface area is 121 Å². The Morgan fingerprint density at radius 3 is 2.57 bits per heavy atom. The Kier molecular flexibility index (Phi) is 4.88. The molecule has 0 amide bonds. The van der Waals surface area contributed by atoms with Crippen LogP contribution in [0.1, 0.15) is 43.9 Å². The van der Waals surface area contributed by atoms with Gasteiger partial charge < -0.3 is 10.1 Å². The molecule has 0 radical (unpaired) electrons. The number of benzene rings is 1. The average Bonchev–Trinajstić information content (AvgIpc) is 2.82. The standard InChI is InChI=1S/C15H19F4NO/c1-3-20-14(13-7-4-9(2)21-13)10-5-6-12(16)11(8-10)15(17,18)19/h5-6,8-9,13-14,20H,3-4,7H2,1-2H3. The molecule has 0 saturated carbocycles. The Morgan fingerprint density at radius 1 is 1.33 bits per heavy atom. The van der Waals surface area contributed by atoms with Crippen LogP contribution in [0.3, 0.4) is 0 Å². The molecule has 2 rings (SSSR count). The van der Waals surface area contributed by atoms with Crippen LogP contribution < -0.4 is 5.32 Å². The summed E-state index contributed by atoms with van der Waals surface area (Å²) in [7, 11) is 0.